The molecule has 0 bridgehead atoms. The number of hydrogen-bond donors (Lipinski definition) is 2. The van der Waals surface area contributed by atoms with E-state index in [9.17, 15) is 9.18 Å². The maximum atomic E-state index is 13.6. The van der Waals surface area contributed by atoms with Gasteiger partial charge in [-0.3, -0.25) is 4.79 Å². The zero-order valence-corrected chi connectivity index (χ0v) is 11.2. The molecule has 0 unspecified atom stereocenters. The molecule has 0 aliphatic rings. The van der Waals surface area contributed by atoms with E-state index in [1.807, 2.05) is 0 Å². The first-order valence-corrected chi connectivity index (χ1v) is 6.04. The van der Waals surface area contributed by atoms with Crippen molar-refractivity contribution in [1.82, 2.24) is 9.97 Å². The summed E-state index contributed by atoms with van der Waals surface area (Å²) in [5.74, 6) is -1.75. The fraction of sp³-hybridized carbons (Fsp3) is 0.154. The summed E-state index contributed by atoms with van der Waals surface area (Å²) < 4.78 is 24.2. The molecule has 0 fully saturated rings. The molecule has 0 spiro atoms. The predicted molar refractivity (Wildman–Crippen MR) is 72.6 cm³/mol. The molecule has 0 radical (unpaired) electrons. The molecule has 1 aromatic heterocycles. The van der Waals surface area contributed by atoms with Crippen molar-refractivity contribution in [1.29, 1.82) is 0 Å². The minimum atomic E-state index is -0.958. The largest absolute Gasteiger partial charge is 0.476 e. The third-order valence-electron chi connectivity index (χ3n) is 2.52. The maximum Gasteiger partial charge on any atom is 0.255 e. The molecule has 1 amide bonds. The highest BCUT2D eigenvalue weighted by Crippen LogP contribution is 2.32. The van der Waals surface area contributed by atoms with Crippen molar-refractivity contribution in [3.63, 3.8) is 0 Å². The summed E-state index contributed by atoms with van der Waals surface area (Å²) >= 11 is 0. The number of carbonyl (C=O) groups is 1. The van der Waals surface area contributed by atoms with Gasteiger partial charge in [0.25, 0.3) is 5.91 Å². The summed E-state index contributed by atoms with van der Waals surface area (Å²) in [4.78, 5) is 19.0. The molecule has 21 heavy (non-hydrogen) atoms. The van der Waals surface area contributed by atoms with Gasteiger partial charge in [0, 0.05) is 0 Å². The van der Waals surface area contributed by atoms with Crippen LogP contribution in [0.2, 0.25) is 0 Å². The lowest BCUT2D eigenvalue weighted by Gasteiger charge is -2.12. The first-order valence-electron chi connectivity index (χ1n) is 6.04. The fourth-order valence-corrected chi connectivity index (χ4v) is 1.63. The second kappa shape index (κ2) is 6.04. The number of carbonyl (C=O) groups excluding carboxylic acids is 1. The number of aromatic nitrogens is 2. The van der Waals surface area contributed by atoms with Gasteiger partial charge in [0.1, 0.15) is 23.5 Å². The van der Waals surface area contributed by atoms with Gasteiger partial charge in [-0.25, -0.2) is 4.39 Å². The normalized spacial score (nSPS) is 10.2. The molecule has 8 heteroatoms. The summed E-state index contributed by atoms with van der Waals surface area (Å²) in [7, 11) is 0. The van der Waals surface area contributed by atoms with E-state index in [-0.39, 0.29) is 28.8 Å². The lowest BCUT2D eigenvalue weighted by molar-refractivity contribution is 0.0994. The third kappa shape index (κ3) is 2.99. The van der Waals surface area contributed by atoms with Gasteiger partial charge in [-0.2, -0.15) is 9.97 Å². The van der Waals surface area contributed by atoms with Gasteiger partial charge in [0.2, 0.25) is 11.8 Å². The van der Waals surface area contributed by atoms with E-state index >= 15 is 0 Å². The zero-order chi connectivity index (χ0) is 15.4. The van der Waals surface area contributed by atoms with Crippen LogP contribution >= 0.6 is 0 Å². The highest BCUT2D eigenvalue weighted by atomic mass is 19.1. The molecule has 110 valence electrons. The smallest absolute Gasteiger partial charge is 0.255 e. The number of nitrogens with two attached hydrogens (primary N) is 2. The second-order valence-corrected chi connectivity index (χ2v) is 3.91. The average Bonchev–Trinajstić information content (AvgIpc) is 2.43. The van der Waals surface area contributed by atoms with Crippen LogP contribution in [0.3, 0.4) is 0 Å². The summed E-state index contributed by atoms with van der Waals surface area (Å²) in [6, 6.07) is 3.85. The molecule has 1 aromatic carbocycles. The van der Waals surface area contributed by atoms with Crippen LogP contribution in [0.15, 0.2) is 24.5 Å². The second-order valence-electron chi connectivity index (χ2n) is 3.91. The van der Waals surface area contributed by atoms with Crippen molar-refractivity contribution < 1.29 is 18.7 Å². The minimum Gasteiger partial charge on any atom is -0.476 e. The number of benzene rings is 1. The number of ether oxygens (including phenoxy) is 2. The standard InChI is InChI=1S/C13H13FN4O3/c1-2-20-12-10(15)13(18-6-17-12)21-8-5-3-4-7(14)9(8)11(16)19/h3-6H,2,15H2,1H3,(H2,16,19). The monoisotopic (exact) mass is 292 g/mol. The zero-order valence-electron chi connectivity index (χ0n) is 11.2. The van der Waals surface area contributed by atoms with E-state index in [0.29, 0.717) is 6.61 Å². The lowest BCUT2D eigenvalue weighted by Crippen LogP contribution is -2.14. The van der Waals surface area contributed by atoms with Crippen LogP contribution in [-0.2, 0) is 0 Å². The van der Waals surface area contributed by atoms with Gasteiger partial charge in [0.15, 0.2) is 5.69 Å². The summed E-state index contributed by atoms with van der Waals surface area (Å²) in [6.07, 6.45) is 1.18. The topological polar surface area (TPSA) is 113 Å². The van der Waals surface area contributed by atoms with Crippen LogP contribution in [-0.4, -0.2) is 22.5 Å². The van der Waals surface area contributed by atoms with Crippen molar-refractivity contribution in [3.05, 3.63) is 35.9 Å². The first kappa shape index (κ1) is 14.5. The summed E-state index contributed by atoms with van der Waals surface area (Å²) in [5.41, 5.74) is 10.6. The van der Waals surface area contributed by atoms with E-state index in [1.165, 1.54) is 18.5 Å². The molecular weight excluding hydrogens is 279 g/mol. The van der Waals surface area contributed by atoms with Crippen molar-refractivity contribution in [2.24, 2.45) is 5.73 Å². The maximum absolute atomic E-state index is 13.6. The quantitative estimate of drug-likeness (QED) is 0.863. The molecule has 4 N–H and O–H groups in total. The van der Waals surface area contributed by atoms with Crippen molar-refractivity contribution in [2.45, 2.75) is 6.92 Å². The molecule has 0 saturated carbocycles. The molecule has 0 aliphatic heterocycles. The molecule has 0 atom stereocenters. The number of anilines is 1. The van der Waals surface area contributed by atoms with E-state index in [1.54, 1.807) is 6.92 Å². The Hall–Kier alpha value is -2.90. The van der Waals surface area contributed by atoms with E-state index in [4.69, 9.17) is 20.9 Å². The lowest BCUT2D eigenvalue weighted by atomic mass is 10.2. The van der Waals surface area contributed by atoms with Crippen LogP contribution in [0, 0.1) is 5.82 Å². The highest BCUT2D eigenvalue weighted by molar-refractivity contribution is 5.96. The number of nitrogens with zero attached hydrogens (tertiary/aromatic N) is 2. The van der Waals surface area contributed by atoms with Gasteiger partial charge in [0.05, 0.1) is 6.61 Å². The summed E-state index contributed by atoms with van der Waals surface area (Å²) in [5, 5.41) is 0. The van der Waals surface area contributed by atoms with Crippen LogP contribution in [0.5, 0.6) is 17.5 Å². The van der Waals surface area contributed by atoms with Crippen LogP contribution in [0.25, 0.3) is 0 Å². The Morgan fingerprint density at radius 2 is 2.05 bits per heavy atom. The minimum absolute atomic E-state index is 0.0408. The van der Waals surface area contributed by atoms with Crippen LogP contribution < -0.4 is 20.9 Å². The van der Waals surface area contributed by atoms with Crippen molar-refractivity contribution in [3.8, 4) is 17.5 Å². The molecular formula is C13H13FN4O3. The third-order valence-corrected chi connectivity index (χ3v) is 2.52. The van der Waals surface area contributed by atoms with E-state index < -0.39 is 11.7 Å². The molecule has 7 nitrogen and oxygen atoms in total. The number of halogens is 1. The van der Waals surface area contributed by atoms with Gasteiger partial charge < -0.3 is 20.9 Å². The number of hydrogen-bond acceptors (Lipinski definition) is 6. The molecule has 0 aliphatic carbocycles. The Labute approximate surface area is 119 Å². The summed E-state index contributed by atoms with van der Waals surface area (Å²) in [6.45, 7) is 2.12. The highest BCUT2D eigenvalue weighted by Gasteiger charge is 2.18. The van der Waals surface area contributed by atoms with E-state index in [2.05, 4.69) is 9.97 Å². The Balaban J connectivity index is 2.42. The number of amides is 1. The number of nitrogen functional groups attached to an aromatic ring is 1. The molecule has 2 rings (SSSR count). The average molecular weight is 292 g/mol. The van der Waals surface area contributed by atoms with Gasteiger partial charge in [-0.05, 0) is 19.1 Å². The van der Waals surface area contributed by atoms with Crippen molar-refractivity contribution in [2.75, 3.05) is 12.3 Å². The number of rotatable bonds is 5. The predicted octanol–water partition coefficient (Wildman–Crippen LogP) is 1.49. The first-order chi connectivity index (χ1) is 10.0. The molecule has 2 aromatic rings. The SMILES string of the molecule is CCOc1ncnc(Oc2cccc(F)c2C(N)=O)c1N. The fourth-order valence-electron chi connectivity index (χ4n) is 1.63. The Bertz CT molecular complexity index is 678. The van der Waals surface area contributed by atoms with Crippen LogP contribution in [0.1, 0.15) is 17.3 Å². The van der Waals surface area contributed by atoms with Gasteiger partial charge in [-0.15, -0.1) is 0 Å². The van der Waals surface area contributed by atoms with Gasteiger partial charge in [-0.1, -0.05) is 6.07 Å². The Morgan fingerprint density at radius 1 is 1.33 bits per heavy atom. The molecule has 1 heterocycles. The van der Waals surface area contributed by atoms with Crippen molar-refractivity contribution >= 4 is 11.6 Å². The van der Waals surface area contributed by atoms with E-state index in [0.717, 1.165) is 6.07 Å². The van der Waals surface area contributed by atoms with Crippen LogP contribution in [0.4, 0.5) is 10.1 Å². The Kier molecular flexibility index (Phi) is 4.17. The van der Waals surface area contributed by atoms with Gasteiger partial charge >= 0.3 is 0 Å². The molecule has 0 saturated heterocycles. The Morgan fingerprint density at radius 3 is 2.71 bits per heavy atom. The number of primary amides is 1.